The zero-order chi connectivity index (χ0) is 19.9. The molecule has 2 aromatic rings. The number of nitrogens with one attached hydrogen (secondary N) is 2. The van der Waals surface area contributed by atoms with Crippen molar-refractivity contribution in [1.29, 1.82) is 0 Å². The van der Waals surface area contributed by atoms with Crippen LogP contribution in [0.25, 0.3) is 0 Å². The molecular formula is C18H25F3IN5O. The number of aliphatic imine (C=N–C) groups is 1. The van der Waals surface area contributed by atoms with Gasteiger partial charge in [-0.1, -0.05) is 31.1 Å². The van der Waals surface area contributed by atoms with Crippen molar-refractivity contribution in [2.24, 2.45) is 4.99 Å². The van der Waals surface area contributed by atoms with E-state index in [1.807, 2.05) is 20.8 Å². The molecule has 0 fully saturated rings. The van der Waals surface area contributed by atoms with Crippen LogP contribution in [0.1, 0.15) is 49.5 Å². The van der Waals surface area contributed by atoms with Crippen LogP contribution in [0.2, 0.25) is 0 Å². The van der Waals surface area contributed by atoms with Gasteiger partial charge in [-0.25, -0.2) is 4.99 Å². The minimum Gasteiger partial charge on any atom is -0.357 e. The van der Waals surface area contributed by atoms with E-state index in [-0.39, 0.29) is 36.4 Å². The van der Waals surface area contributed by atoms with E-state index >= 15 is 0 Å². The fourth-order valence-corrected chi connectivity index (χ4v) is 2.20. The van der Waals surface area contributed by atoms with Gasteiger partial charge in [-0.3, -0.25) is 0 Å². The van der Waals surface area contributed by atoms with Crippen LogP contribution >= 0.6 is 24.0 Å². The summed E-state index contributed by atoms with van der Waals surface area (Å²) in [5, 5.41) is 10.1. The van der Waals surface area contributed by atoms with E-state index in [0.717, 1.165) is 12.1 Å². The summed E-state index contributed by atoms with van der Waals surface area (Å²) in [4.78, 5) is 8.69. The van der Waals surface area contributed by atoms with Crippen molar-refractivity contribution >= 4 is 29.9 Å². The van der Waals surface area contributed by atoms with Crippen LogP contribution in [-0.4, -0.2) is 29.2 Å². The summed E-state index contributed by atoms with van der Waals surface area (Å²) >= 11 is 0. The Morgan fingerprint density at radius 2 is 1.86 bits per heavy atom. The monoisotopic (exact) mass is 511 g/mol. The first-order valence-corrected chi connectivity index (χ1v) is 8.80. The normalized spacial score (nSPS) is 12.0. The lowest BCUT2D eigenvalue weighted by Gasteiger charge is -2.11. The van der Waals surface area contributed by atoms with E-state index in [2.05, 4.69) is 25.8 Å². The molecule has 1 aromatic heterocycles. The number of hydrogen-bond donors (Lipinski definition) is 2. The molecule has 28 heavy (non-hydrogen) atoms. The summed E-state index contributed by atoms with van der Waals surface area (Å²) in [6, 6.07) is 4.99. The third-order valence-corrected chi connectivity index (χ3v) is 3.68. The Balaban J connectivity index is 0.00000392. The van der Waals surface area contributed by atoms with Gasteiger partial charge in [-0.15, -0.1) is 24.0 Å². The molecule has 0 saturated heterocycles. The van der Waals surface area contributed by atoms with E-state index in [9.17, 15) is 13.2 Å². The molecule has 0 aliphatic rings. The average Bonchev–Trinajstić information content (AvgIpc) is 3.08. The summed E-state index contributed by atoms with van der Waals surface area (Å²) in [7, 11) is 0. The lowest BCUT2D eigenvalue weighted by atomic mass is 10.1. The minimum atomic E-state index is -4.33. The summed E-state index contributed by atoms with van der Waals surface area (Å²) in [5.41, 5.74) is 0.0271. The molecule has 2 rings (SSSR count). The van der Waals surface area contributed by atoms with E-state index < -0.39 is 11.7 Å². The van der Waals surface area contributed by atoms with Crippen LogP contribution in [0.4, 0.5) is 13.2 Å². The quantitative estimate of drug-likeness (QED) is 0.332. The molecule has 2 N–H and O–H groups in total. The second kappa shape index (κ2) is 11.2. The van der Waals surface area contributed by atoms with Gasteiger partial charge in [0.2, 0.25) is 5.89 Å². The average molecular weight is 511 g/mol. The predicted molar refractivity (Wildman–Crippen MR) is 112 cm³/mol. The molecule has 10 heteroatoms. The van der Waals surface area contributed by atoms with Gasteiger partial charge >= 0.3 is 6.18 Å². The largest absolute Gasteiger partial charge is 0.416 e. The Morgan fingerprint density at radius 1 is 1.18 bits per heavy atom. The van der Waals surface area contributed by atoms with Gasteiger partial charge in [-0.05, 0) is 24.6 Å². The first-order chi connectivity index (χ1) is 12.8. The summed E-state index contributed by atoms with van der Waals surface area (Å²) in [5.74, 6) is 2.00. The predicted octanol–water partition coefficient (Wildman–Crippen LogP) is 4.13. The molecule has 0 unspecified atom stereocenters. The standard InChI is InChI=1S/C18H24F3N5O.HI/c1-4-22-17(23-10-9-15-25-16(12(2)3)26-27-15)24-11-13-5-7-14(8-6-13)18(19,20)21;/h5-8,12H,4,9-11H2,1-3H3,(H2,22,23,24);1H. The number of benzene rings is 1. The Labute approximate surface area is 179 Å². The number of rotatable bonds is 7. The first kappa shape index (κ1) is 24.2. The molecule has 1 heterocycles. The van der Waals surface area contributed by atoms with Crippen molar-refractivity contribution in [2.75, 3.05) is 13.1 Å². The summed E-state index contributed by atoms with van der Waals surface area (Å²) in [6.07, 6.45) is -3.78. The lowest BCUT2D eigenvalue weighted by molar-refractivity contribution is -0.137. The van der Waals surface area contributed by atoms with Crippen LogP contribution in [0, 0.1) is 0 Å². The highest BCUT2D eigenvalue weighted by molar-refractivity contribution is 14.0. The fraction of sp³-hybridized carbons (Fsp3) is 0.500. The highest BCUT2D eigenvalue weighted by Gasteiger charge is 2.29. The van der Waals surface area contributed by atoms with Crippen molar-refractivity contribution in [3.05, 3.63) is 47.1 Å². The number of aromatic nitrogens is 2. The molecule has 0 amide bonds. The Hall–Kier alpha value is -1.85. The zero-order valence-corrected chi connectivity index (χ0v) is 18.3. The molecule has 0 spiro atoms. The first-order valence-electron chi connectivity index (χ1n) is 8.80. The van der Waals surface area contributed by atoms with Crippen LogP contribution in [-0.2, 0) is 19.1 Å². The maximum Gasteiger partial charge on any atom is 0.416 e. The molecule has 0 saturated carbocycles. The second-order valence-electron chi connectivity index (χ2n) is 6.27. The maximum absolute atomic E-state index is 12.6. The van der Waals surface area contributed by atoms with Gasteiger partial charge < -0.3 is 15.2 Å². The van der Waals surface area contributed by atoms with Crippen LogP contribution in [0.3, 0.4) is 0 Å². The maximum atomic E-state index is 12.6. The number of guanidine groups is 1. The Morgan fingerprint density at radius 3 is 2.39 bits per heavy atom. The fourth-order valence-electron chi connectivity index (χ4n) is 2.20. The zero-order valence-electron chi connectivity index (χ0n) is 16.0. The van der Waals surface area contributed by atoms with Crippen molar-refractivity contribution in [3.8, 4) is 0 Å². The second-order valence-corrected chi connectivity index (χ2v) is 6.27. The van der Waals surface area contributed by atoms with Gasteiger partial charge in [-0.2, -0.15) is 18.2 Å². The number of hydrogen-bond acceptors (Lipinski definition) is 4. The molecule has 0 atom stereocenters. The summed E-state index contributed by atoms with van der Waals surface area (Å²) in [6.45, 7) is 7.39. The van der Waals surface area contributed by atoms with Crippen LogP contribution in [0.15, 0.2) is 33.8 Å². The molecule has 0 aliphatic carbocycles. The van der Waals surface area contributed by atoms with Crippen molar-refractivity contribution in [3.63, 3.8) is 0 Å². The number of nitrogens with zero attached hydrogens (tertiary/aromatic N) is 3. The Bertz CT molecular complexity index is 744. The van der Waals surface area contributed by atoms with Gasteiger partial charge in [0.25, 0.3) is 0 Å². The van der Waals surface area contributed by atoms with Gasteiger partial charge in [0.05, 0.1) is 12.1 Å². The molecule has 1 aromatic carbocycles. The van der Waals surface area contributed by atoms with E-state index in [0.29, 0.717) is 42.7 Å². The highest BCUT2D eigenvalue weighted by Crippen LogP contribution is 2.29. The Kier molecular flexibility index (Phi) is 9.70. The lowest BCUT2D eigenvalue weighted by Crippen LogP contribution is -2.38. The van der Waals surface area contributed by atoms with E-state index in [1.54, 1.807) is 0 Å². The SMILES string of the molecule is CCNC(=NCc1ccc(C(F)(F)F)cc1)NCCc1nc(C(C)C)no1.I. The molecule has 0 radical (unpaired) electrons. The number of halogens is 4. The minimum absolute atomic E-state index is 0. The van der Waals surface area contributed by atoms with Crippen molar-refractivity contribution < 1.29 is 17.7 Å². The summed E-state index contributed by atoms with van der Waals surface area (Å²) < 4.78 is 43.0. The smallest absolute Gasteiger partial charge is 0.357 e. The van der Waals surface area contributed by atoms with Gasteiger partial charge in [0.15, 0.2) is 11.8 Å². The molecular weight excluding hydrogens is 486 g/mol. The number of alkyl halides is 3. The van der Waals surface area contributed by atoms with Crippen molar-refractivity contribution in [2.45, 2.75) is 45.8 Å². The third kappa shape index (κ3) is 7.64. The van der Waals surface area contributed by atoms with Gasteiger partial charge in [0, 0.05) is 25.4 Å². The van der Waals surface area contributed by atoms with Crippen LogP contribution in [0.5, 0.6) is 0 Å². The highest BCUT2D eigenvalue weighted by atomic mass is 127. The molecule has 156 valence electrons. The van der Waals surface area contributed by atoms with Crippen molar-refractivity contribution in [1.82, 2.24) is 20.8 Å². The molecule has 0 aliphatic heterocycles. The van der Waals surface area contributed by atoms with E-state index in [1.165, 1.54) is 12.1 Å². The third-order valence-electron chi connectivity index (χ3n) is 3.68. The van der Waals surface area contributed by atoms with E-state index in [4.69, 9.17) is 4.52 Å². The van der Waals surface area contributed by atoms with Gasteiger partial charge in [0.1, 0.15) is 0 Å². The molecule has 0 bridgehead atoms. The topological polar surface area (TPSA) is 75.3 Å². The molecule has 6 nitrogen and oxygen atoms in total. The van der Waals surface area contributed by atoms with Crippen LogP contribution < -0.4 is 10.6 Å².